The van der Waals surface area contributed by atoms with Crippen molar-refractivity contribution in [3.8, 4) is 0 Å². The van der Waals surface area contributed by atoms with Gasteiger partial charge < -0.3 is 5.32 Å². The van der Waals surface area contributed by atoms with Crippen LogP contribution in [0.4, 0.5) is 5.69 Å². The second-order valence-corrected chi connectivity index (χ2v) is 9.33. The van der Waals surface area contributed by atoms with Gasteiger partial charge in [0.15, 0.2) is 0 Å². The topological polar surface area (TPSA) is 96.4 Å². The third-order valence-corrected chi connectivity index (χ3v) is 6.28. The van der Waals surface area contributed by atoms with E-state index < -0.39 is 20.9 Å². The van der Waals surface area contributed by atoms with Crippen molar-refractivity contribution in [2.24, 2.45) is 0 Å². The fourth-order valence-corrected chi connectivity index (χ4v) is 4.76. The quantitative estimate of drug-likeness (QED) is 0.538. The summed E-state index contributed by atoms with van der Waals surface area (Å²) in [6.07, 6.45) is 2.79. The van der Waals surface area contributed by atoms with Gasteiger partial charge in [0.2, 0.25) is 0 Å². The number of aryl methyl sites for hydroxylation is 2. The zero-order valence-electron chi connectivity index (χ0n) is 16.2. The number of benzene rings is 2. The second-order valence-electron chi connectivity index (χ2n) is 6.65. The third kappa shape index (κ3) is 5.29. The summed E-state index contributed by atoms with van der Waals surface area (Å²) in [6, 6.07) is 12.9. The number of carbonyl (C=O) groups is 1. The number of nitrogens with one attached hydrogen (secondary N) is 1. The van der Waals surface area contributed by atoms with Gasteiger partial charge in [-0.05, 0) is 43.2 Å². The molecule has 0 saturated heterocycles. The molecule has 2 aromatic carbocycles. The van der Waals surface area contributed by atoms with E-state index in [1.54, 1.807) is 23.5 Å². The van der Waals surface area contributed by atoms with Gasteiger partial charge in [-0.15, -0.1) is 11.3 Å². The molecule has 0 saturated carbocycles. The molecule has 1 aromatic heterocycles. The van der Waals surface area contributed by atoms with Gasteiger partial charge in [-0.2, -0.15) is 8.42 Å². The van der Waals surface area contributed by atoms with E-state index in [2.05, 4.69) is 17.2 Å². The Bertz CT molecular complexity index is 1120. The lowest BCUT2D eigenvalue weighted by Crippen LogP contribution is -2.16. The molecular weight excluding hydrogens is 408 g/mol. The van der Waals surface area contributed by atoms with Crippen LogP contribution in [0.25, 0.3) is 0 Å². The maximum absolute atomic E-state index is 12.5. The number of carbonyl (C=O) groups excluding carboxylic acids is 1. The average Bonchev–Trinajstić information content (AvgIpc) is 3.02. The smallest absolute Gasteiger partial charge is 0.295 e. The van der Waals surface area contributed by atoms with Crippen LogP contribution >= 0.6 is 11.3 Å². The molecule has 3 aromatic rings. The zero-order valence-corrected chi connectivity index (χ0v) is 17.8. The van der Waals surface area contributed by atoms with E-state index in [1.165, 1.54) is 29.1 Å². The Morgan fingerprint density at radius 3 is 2.48 bits per heavy atom. The van der Waals surface area contributed by atoms with Crippen LogP contribution in [0.1, 0.15) is 44.8 Å². The van der Waals surface area contributed by atoms with Gasteiger partial charge in [0.25, 0.3) is 16.0 Å². The highest BCUT2D eigenvalue weighted by Gasteiger charge is 2.20. The molecule has 29 heavy (non-hydrogen) atoms. The molecule has 0 spiro atoms. The predicted molar refractivity (Wildman–Crippen MR) is 114 cm³/mol. The minimum Gasteiger partial charge on any atom is -0.322 e. The Kier molecular flexibility index (Phi) is 6.46. The summed E-state index contributed by atoms with van der Waals surface area (Å²) in [6.45, 7) is 4.15. The summed E-state index contributed by atoms with van der Waals surface area (Å²) in [5.41, 5.74) is 2.68. The molecule has 2 N–H and O–H groups in total. The lowest BCUT2D eigenvalue weighted by molar-refractivity contribution is 0.102. The molecule has 0 atom stereocenters. The number of nitrogens with zero attached hydrogens (tertiary/aromatic N) is 1. The molecule has 0 fully saturated rings. The first-order chi connectivity index (χ1) is 13.8. The van der Waals surface area contributed by atoms with E-state index in [9.17, 15) is 17.8 Å². The van der Waals surface area contributed by atoms with E-state index >= 15 is 0 Å². The van der Waals surface area contributed by atoms with Crippen LogP contribution in [-0.2, 0) is 23.0 Å². The van der Waals surface area contributed by atoms with Crippen molar-refractivity contribution in [2.75, 3.05) is 5.32 Å². The summed E-state index contributed by atoms with van der Waals surface area (Å²) >= 11 is 1.70. The van der Waals surface area contributed by atoms with E-state index in [1.807, 2.05) is 19.1 Å². The Labute approximate surface area is 174 Å². The number of hydrogen-bond donors (Lipinski definition) is 2. The molecule has 0 aliphatic rings. The second kappa shape index (κ2) is 8.86. The molecule has 1 heterocycles. The molecular formula is C21H22N2O4S2. The number of amides is 1. The number of hydrogen-bond acceptors (Lipinski definition) is 5. The van der Waals surface area contributed by atoms with Crippen LogP contribution < -0.4 is 5.32 Å². The van der Waals surface area contributed by atoms with Gasteiger partial charge >= 0.3 is 0 Å². The van der Waals surface area contributed by atoms with Crippen LogP contribution in [0.15, 0.2) is 53.4 Å². The number of rotatable bonds is 7. The number of aromatic nitrogens is 1. The van der Waals surface area contributed by atoms with Crippen LogP contribution in [0.2, 0.25) is 0 Å². The molecule has 3 rings (SSSR count). The van der Waals surface area contributed by atoms with Crippen molar-refractivity contribution in [3.05, 3.63) is 75.2 Å². The Balaban J connectivity index is 1.74. The summed E-state index contributed by atoms with van der Waals surface area (Å²) in [5, 5.41) is 3.73. The summed E-state index contributed by atoms with van der Waals surface area (Å²) < 4.78 is 32.3. The molecule has 0 bridgehead atoms. The highest BCUT2D eigenvalue weighted by atomic mass is 32.2. The molecule has 0 aliphatic heterocycles. The molecule has 1 amide bonds. The Hall–Kier alpha value is -2.55. The van der Waals surface area contributed by atoms with Gasteiger partial charge in [-0.3, -0.25) is 9.35 Å². The van der Waals surface area contributed by atoms with E-state index in [4.69, 9.17) is 0 Å². The van der Waals surface area contributed by atoms with Crippen LogP contribution in [-0.4, -0.2) is 23.9 Å². The normalized spacial score (nSPS) is 11.4. The van der Waals surface area contributed by atoms with Crippen molar-refractivity contribution in [1.29, 1.82) is 0 Å². The summed E-state index contributed by atoms with van der Waals surface area (Å²) in [5.74, 6) is -0.603. The highest BCUT2D eigenvalue weighted by Crippen LogP contribution is 2.24. The molecule has 6 nitrogen and oxygen atoms in total. The number of anilines is 1. The first-order valence-corrected chi connectivity index (χ1v) is 11.5. The first kappa shape index (κ1) is 21.2. The Morgan fingerprint density at radius 1 is 1.14 bits per heavy atom. The maximum atomic E-state index is 12.5. The van der Waals surface area contributed by atoms with Crippen molar-refractivity contribution >= 4 is 33.0 Å². The lowest BCUT2D eigenvalue weighted by atomic mass is 10.1. The van der Waals surface area contributed by atoms with Crippen molar-refractivity contribution in [2.45, 2.75) is 38.0 Å². The van der Waals surface area contributed by atoms with Crippen LogP contribution in [0.5, 0.6) is 0 Å². The predicted octanol–water partition coefficient (Wildman–Crippen LogP) is 4.49. The van der Waals surface area contributed by atoms with Gasteiger partial charge in [0, 0.05) is 17.0 Å². The Morgan fingerprint density at radius 2 is 1.83 bits per heavy atom. The largest absolute Gasteiger partial charge is 0.322 e. The maximum Gasteiger partial charge on any atom is 0.295 e. The molecule has 0 unspecified atom stereocenters. The minimum absolute atomic E-state index is 0.108. The minimum atomic E-state index is -4.48. The van der Waals surface area contributed by atoms with Gasteiger partial charge in [0.05, 0.1) is 16.3 Å². The first-order valence-electron chi connectivity index (χ1n) is 9.20. The van der Waals surface area contributed by atoms with E-state index in [0.717, 1.165) is 35.5 Å². The standard InChI is InChI=1S/C21H22N2O4S2/c1-3-6-18-19(28-14(2)22-18)13-15-9-11-16(12-10-15)23-21(24)17-7-4-5-8-20(17)29(25,26)27/h4-5,7-12H,3,6,13H2,1-2H3,(H,23,24)(H,25,26,27). The lowest BCUT2D eigenvalue weighted by Gasteiger charge is -2.09. The highest BCUT2D eigenvalue weighted by molar-refractivity contribution is 7.86. The van der Waals surface area contributed by atoms with Gasteiger partial charge in [-0.1, -0.05) is 37.6 Å². The van der Waals surface area contributed by atoms with Crippen LogP contribution in [0.3, 0.4) is 0 Å². The van der Waals surface area contributed by atoms with Crippen molar-refractivity contribution in [1.82, 2.24) is 4.98 Å². The van der Waals surface area contributed by atoms with E-state index in [-0.39, 0.29) is 5.56 Å². The van der Waals surface area contributed by atoms with Crippen LogP contribution in [0, 0.1) is 6.92 Å². The van der Waals surface area contributed by atoms with Crippen molar-refractivity contribution < 1.29 is 17.8 Å². The molecule has 152 valence electrons. The average molecular weight is 431 g/mol. The summed E-state index contributed by atoms with van der Waals surface area (Å²) in [7, 11) is -4.48. The molecule has 0 aliphatic carbocycles. The fourth-order valence-electron chi connectivity index (χ4n) is 3.05. The van der Waals surface area contributed by atoms with Gasteiger partial charge in [0.1, 0.15) is 4.90 Å². The van der Waals surface area contributed by atoms with E-state index in [0.29, 0.717) is 5.69 Å². The van der Waals surface area contributed by atoms with Crippen molar-refractivity contribution in [3.63, 3.8) is 0 Å². The number of thiazole rings is 1. The SMILES string of the molecule is CCCc1nc(C)sc1Cc1ccc(NC(=O)c2ccccc2S(=O)(=O)O)cc1. The fraction of sp³-hybridized carbons (Fsp3) is 0.238. The van der Waals surface area contributed by atoms with Gasteiger partial charge in [-0.25, -0.2) is 4.98 Å². The monoisotopic (exact) mass is 430 g/mol. The molecule has 0 radical (unpaired) electrons. The summed E-state index contributed by atoms with van der Waals surface area (Å²) in [4.78, 5) is 17.9. The molecule has 8 heteroatoms. The third-order valence-electron chi connectivity index (χ3n) is 4.36. The zero-order chi connectivity index (χ0) is 21.0.